The van der Waals surface area contributed by atoms with E-state index >= 15 is 0 Å². The molecule has 0 saturated carbocycles. The zero-order valence-corrected chi connectivity index (χ0v) is 7.09. The zero-order valence-electron chi connectivity index (χ0n) is 7.09. The Bertz CT molecular complexity index is 172. The maximum atomic E-state index is 9.47. The maximum absolute atomic E-state index is 9.47. The molecule has 0 radical (unpaired) electrons. The summed E-state index contributed by atoms with van der Waals surface area (Å²) in [4.78, 5) is 0. The fraction of sp³-hybridized carbons (Fsp3) is 1.00. The van der Waals surface area contributed by atoms with Crippen molar-refractivity contribution in [3.63, 3.8) is 0 Å². The SMILES string of the molecule is OCC1(CO)NC[C@@H](O)[C@@H](O)[C@@H]1O. The average molecular weight is 193 g/mol. The third kappa shape index (κ3) is 1.69. The van der Waals surface area contributed by atoms with Crippen LogP contribution in [0, 0.1) is 0 Å². The lowest BCUT2D eigenvalue weighted by atomic mass is 9.84. The van der Waals surface area contributed by atoms with Crippen molar-refractivity contribution in [2.75, 3.05) is 19.8 Å². The van der Waals surface area contributed by atoms with E-state index in [0.29, 0.717) is 0 Å². The van der Waals surface area contributed by atoms with Crippen LogP contribution in [0.1, 0.15) is 0 Å². The van der Waals surface area contributed by atoms with Crippen molar-refractivity contribution in [1.82, 2.24) is 5.32 Å². The van der Waals surface area contributed by atoms with Crippen molar-refractivity contribution in [3.05, 3.63) is 0 Å². The summed E-state index contributed by atoms with van der Waals surface area (Å²) >= 11 is 0. The molecule has 1 heterocycles. The first-order chi connectivity index (χ1) is 6.07. The van der Waals surface area contributed by atoms with Crippen LogP contribution in [0.4, 0.5) is 0 Å². The van der Waals surface area contributed by atoms with Gasteiger partial charge in [-0.2, -0.15) is 0 Å². The summed E-state index contributed by atoms with van der Waals surface area (Å²) in [6.07, 6.45) is -3.81. The van der Waals surface area contributed by atoms with Gasteiger partial charge in [0.2, 0.25) is 0 Å². The van der Waals surface area contributed by atoms with Crippen molar-refractivity contribution in [3.8, 4) is 0 Å². The van der Waals surface area contributed by atoms with Crippen LogP contribution in [0.5, 0.6) is 0 Å². The second-order valence-corrected chi connectivity index (χ2v) is 3.36. The molecule has 0 bridgehead atoms. The number of β-amino-alcohol motifs (C(OH)–C–C–N with tert-alkyl or cyclic N) is 1. The summed E-state index contributed by atoms with van der Waals surface area (Å²) in [5.41, 5.74) is -1.32. The number of piperidine rings is 1. The minimum atomic E-state index is -1.38. The third-order valence-corrected chi connectivity index (χ3v) is 2.51. The van der Waals surface area contributed by atoms with Crippen molar-refractivity contribution < 1.29 is 25.5 Å². The first-order valence-electron chi connectivity index (χ1n) is 4.08. The second-order valence-electron chi connectivity index (χ2n) is 3.36. The Labute approximate surface area is 75.4 Å². The number of hydrogen-bond donors (Lipinski definition) is 6. The van der Waals surface area contributed by atoms with E-state index < -0.39 is 37.1 Å². The number of rotatable bonds is 2. The highest BCUT2D eigenvalue weighted by Gasteiger charge is 2.47. The molecular formula is C7H15NO5. The number of aliphatic hydroxyl groups excluding tert-OH is 5. The lowest BCUT2D eigenvalue weighted by Gasteiger charge is -2.44. The zero-order chi connectivity index (χ0) is 10.1. The molecule has 1 fully saturated rings. The molecule has 0 aromatic carbocycles. The van der Waals surface area contributed by atoms with E-state index in [0.717, 1.165) is 0 Å². The van der Waals surface area contributed by atoms with Gasteiger partial charge in [0.05, 0.1) is 24.9 Å². The van der Waals surface area contributed by atoms with E-state index in [2.05, 4.69) is 5.32 Å². The monoisotopic (exact) mass is 193 g/mol. The van der Waals surface area contributed by atoms with Gasteiger partial charge in [0.15, 0.2) is 0 Å². The lowest BCUT2D eigenvalue weighted by Crippen LogP contribution is -2.71. The molecule has 1 rings (SSSR count). The van der Waals surface area contributed by atoms with E-state index in [4.69, 9.17) is 15.3 Å². The molecule has 0 amide bonds. The van der Waals surface area contributed by atoms with Gasteiger partial charge in [-0.3, -0.25) is 0 Å². The molecular weight excluding hydrogens is 178 g/mol. The highest BCUT2D eigenvalue weighted by molar-refractivity contribution is 5.03. The summed E-state index contributed by atoms with van der Waals surface area (Å²) in [5, 5.41) is 48.4. The van der Waals surface area contributed by atoms with Crippen LogP contribution in [0.2, 0.25) is 0 Å². The Morgan fingerprint density at radius 3 is 2.15 bits per heavy atom. The number of nitrogens with one attached hydrogen (secondary N) is 1. The van der Waals surface area contributed by atoms with Crippen molar-refractivity contribution >= 4 is 0 Å². The average Bonchev–Trinajstić information content (AvgIpc) is 2.16. The quantitative estimate of drug-likeness (QED) is 0.270. The van der Waals surface area contributed by atoms with Gasteiger partial charge in [0, 0.05) is 6.54 Å². The van der Waals surface area contributed by atoms with E-state index in [1.54, 1.807) is 0 Å². The molecule has 6 heteroatoms. The van der Waals surface area contributed by atoms with Crippen molar-refractivity contribution in [2.24, 2.45) is 0 Å². The van der Waals surface area contributed by atoms with E-state index in [1.165, 1.54) is 0 Å². The minimum Gasteiger partial charge on any atom is -0.394 e. The minimum absolute atomic E-state index is 0.0271. The first-order valence-corrected chi connectivity index (χ1v) is 4.08. The van der Waals surface area contributed by atoms with Crippen LogP contribution in [0.15, 0.2) is 0 Å². The topological polar surface area (TPSA) is 113 Å². The summed E-state index contributed by atoms with van der Waals surface area (Å²) in [6, 6.07) is 0. The van der Waals surface area contributed by atoms with E-state index in [1.807, 2.05) is 0 Å². The normalized spacial score (nSPS) is 39.0. The molecule has 0 aliphatic carbocycles. The Kier molecular flexibility index (Phi) is 3.23. The maximum Gasteiger partial charge on any atom is 0.109 e. The molecule has 0 aromatic rings. The molecule has 1 saturated heterocycles. The standard InChI is InChI=1S/C7H15NO5/c9-2-7(3-10)6(13)5(12)4(11)1-8-7/h4-6,8-13H,1-3H2/t4-,5-,6+/m1/s1. The van der Waals surface area contributed by atoms with Gasteiger partial charge in [-0.05, 0) is 0 Å². The third-order valence-electron chi connectivity index (χ3n) is 2.51. The van der Waals surface area contributed by atoms with Crippen LogP contribution in [0.25, 0.3) is 0 Å². The molecule has 6 nitrogen and oxygen atoms in total. The van der Waals surface area contributed by atoms with Crippen LogP contribution in [0.3, 0.4) is 0 Å². The molecule has 1 aliphatic heterocycles. The molecule has 0 spiro atoms. The molecule has 3 atom stereocenters. The Balaban J connectivity index is 2.77. The molecule has 1 aliphatic rings. The van der Waals surface area contributed by atoms with Gasteiger partial charge in [-0.25, -0.2) is 0 Å². The summed E-state index contributed by atoms with van der Waals surface area (Å²) in [5.74, 6) is 0. The molecule has 78 valence electrons. The number of aliphatic hydroxyl groups is 5. The molecule has 13 heavy (non-hydrogen) atoms. The van der Waals surface area contributed by atoms with Gasteiger partial charge in [0.1, 0.15) is 12.2 Å². The summed E-state index contributed by atoms with van der Waals surface area (Å²) in [6.45, 7) is -0.984. The smallest absolute Gasteiger partial charge is 0.109 e. The fourth-order valence-corrected chi connectivity index (χ4v) is 1.42. The Hall–Kier alpha value is -0.240. The predicted octanol–water partition coefficient (Wildman–Crippen LogP) is -3.60. The summed E-state index contributed by atoms with van der Waals surface area (Å²) < 4.78 is 0. The van der Waals surface area contributed by atoms with Crippen LogP contribution in [-0.4, -0.2) is 69.1 Å². The van der Waals surface area contributed by atoms with Gasteiger partial charge in [-0.15, -0.1) is 0 Å². The van der Waals surface area contributed by atoms with Crippen LogP contribution < -0.4 is 5.32 Å². The van der Waals surface area contributed by atoms with E-state index in [-0.39, 0.29) is 6.54 Å². The second kappa shape index (κ2) is 3.87. The van der Waals surface area contributed by atoms with E-state index in [9.17, 15) is 10.2 Å². The van der Waals surface area contributed by atoms with Gasteiger partial charge in [-0.1, -0.05) is 0 Å². The van der Waals surface area contributed by atoms with Crippen LogP contribution >= 0.6 is 0 Å². The highest BCUT2D eigenvalue weighted by Crippen LogP contribution is 2.19. The lowest BCUT2D eigenvalue weighted by molar-refractivity contribution is -0.143. The van der Waals surface area contributed by atoms with Gasteiger partial charge >= 0.3 is 0 Å². The highest BCUT2D eigenvalue weighted by atomic mass is 16.4. The Morgan fingerprint density at radius 1 is 1.15 bits per heavy atom. The largest absolute Gasteiger partial charge is 0.394 e. The van der Waals surface area contributed by atoms with Gasteiger partial charge in [0.25, 0.3) is 0 Å². The number of hydrogen-bond acceptors (Lipinski definition) is 6. The molecule has 0 unspecified atom stereocenters. The van der Waals surface area contributed by atoms with Gasteiger partial charge < -0.3 is 30.8 Å². The predicted molar refractivity (Wildman–Crippen MR) is 42.9 cm³/mol. The van der Waals surface area contributed by atoms with Crippen molar-refractivity contribution in [1.29, 1.82) is 0 Å². The summed E-state index contributed by atoms with van der Waals surface area (Å²) in [7, 11) is 0. The first kappa shape index (κ1) is 10.8. The molecule has 6 N–H and O–H groups in total. The Morgan fingerprint density at radius 2 is 1.69 bits per heavy atom. The van der Waals surface area contributed by atoms with Crippen molar-refractivity contribution in [2.45, 2.75) is 23.9 Å². The fourth-order valence-electron chi connectivity index (χ4n) is 1.42. The molecule has 0 aromatic heterocycles. The van der Waals surface area contributed by atoms with Crippen LogP contribution in [-0.2, 0) is 0 Å².